The third kappa shape index (κ3) is 7.37. The minimum Gasteiger partial charge on any atom is -0.494 e. The molecule has 5 rings (SSSR count). The number of carbonyl (C=O) groups is 1. The van der Waals surface area contributed by atoms with Gasteiger partial charge in [0.1, 0.15) is 5.76 Å². The zero-order valence-electron chi connectivity index (χ0n) is 23.4. The first-order chi connectivity index (χ1) is 18.6. The van der Waals surface area contributed by atoms with Gasteiger partial charge in [0, 0.05) is 57.7 Å². The van der Waals surface area contributed by atoms with E-state index in [-0.39, 0.29) is 0 Å². The zero-order valence-corrected chi connectivity index (χ0v) is 23.4. The molecule has 0 radical (unpaired) electrons. The lowest BCUT2D eigenvalue weighted by atomic mass is 9.90. The van der Waals surface area contributed by atoms with Crippen molar-refractivity contribution in [1.82, 2.24) is 14.9 Å². The van der Waals surface area contributed by atoms with Gasteiger partial charge in [0.2, 0.25) is 11.9 Å². The van der Waals surface area contributed by atoms with Crippen LogP contribution in [0.15, 0.2) is 36.4 Å². The van der Waals surface area contributed by atoms with Gasteiger partial charge in [0.05, 0.1) is 13.2 Å². The summed E-state index contributed by atoms with van der Waals surface area (Å²) in [4.78, 5) is 26.2. The maximum Gasteiger partial charge on any atom is 0.225 e. The van der Waals surface area contributed by atoms with Crippen molar-refractivity contribution in [3.8, 4) is 0 Å². The van der Waals surface area contributed by atoms with Crippen LogP contribution in [0.25, 0.3) is 0 Å². The van der Waals surface area contributed by atoms with Crippen LogP contribution in [0, 0.1) is 29.6 Å². The summed E-state index contributed by atoms with van der Waals surface area (Å²) < 4.78 is 11.4. The molecule has 2 aliphatic heterocycles. The molecule has 7 heteroatoms. The smallest absolute Gasteiger partial charge is 0.225 e. The van der Waals surface area contributed by atoms with Gasteiger partial charge in [-0.15, -0.1) is 0 Å². The standard InChI is InChI=1S/C31H46N4O3/c1-23-16-24(18-30(36)34-11-4-3-5-12-34)6-7-28(17-23)38-15-10-27-19-29(27)26-8-13-35(14-9-26)31-32-20-25(21-33-31)22-37-2/h6-7,17,20-21,23-24,26-27,29H,3-5,8-16,18-19,22H2,1-2H3. The van der Waals surface area contributed by atoms with E-state index < -0.39 is 0 Å². The number of ether oxygens (including phenoxy) is 2. The summed E-state index contributed by atoms with van der Waals surface area (Å²) in [5, 5.41) is 0. The van der Waals surface area contributed by atoms with Crippen LogP contribution in [-0.2, 0) is 20.9 Å². The van der Waals surface area contributed by atoms with Crippen LogP contribution < -0.4 is 4.90 Å². The summed E-state index contributed by atoms with van der Waals surface area (Å²) in [6, 6.07) is 0. The highest BCUT2D eigenvalue weighted by Crippen LogP contribution is 2.50. The van der Waals surface area contributed by atoms with Gasteiger partial charge in [-0.05, 0) is 93.1 Å². The van der Waals surface area contributed by atoms with Crippen molar-refractivity contribution in [1.29, 1.82) is 0 Å². The minimum absolute atomic E-state index is 0.309. The highest BCUT2D eigenvalue weighted by Gasteiger charge is 2.43. The number of nitrogens with zero attached hydrogens (tertiary/aromatic N) is 4. The van der Waals surface area contributed by atoms with E-state index in [4.69, 9.17) is 9.47 Å². The predicted octanol–water partition coefficient (Wildman–Crippen LogP) is 5.38. The third-order valence-electron chi connectivity index (χ3n) is 8.97. The minimum atomic E-state index is 0.309. The molecule has 0 N–H and O–H groups in total. The van der Waals surface area contributed by atoms with E-state index in [1.807, 2.05) is 12.4 Å². The Morgan fingerprint density at radius 1 is 1.05 bits per heavy atom. The summed E-state index contributed by atoms with van der Waals surface area (Å²) in [7, 11) is 1.69. The van der Waals surface area contributed by atoms with Crippen LogP contribution >= 0.6 is 0 Å². The SMILES string of the molecule is COCc1cnc(N2CCC(C3CC3CCOC3=CC(C)CC(CC(=O)N4CCCCC4)C=C3)CC2)nc1. The van der Waals surface area contributed by atoms with Gasteiger partial charge in [-0.2, -0.15) is 0 Å². The number of piperidine rings is 2. The summed E-state index contributed by atoms with van der Waals surface area (Å²) in [6.45, 7) is 7.57. The topological polar surface area (TPSA) is 67.8 Å². The van der Waals surface area contributed by atoms with Crippen molar-refractivity contribution in [2.45, 2.75) is 71.3 Å². The van der Waals surface area contributed by atoms with E-state index in [1.165, 1.54) is 25.7 Å². The maximum absolute atomic E-state index is 12.7. The van der Waals surface area contributed by atoms with Gasteiger partial charge in [0.15, 0.2) is 0 Å². The second-order valence-corrected chi connectivity index (χ2v) is 12.0. The number of carbonyl (C=O) groups excluding carboxylic acids is 1. The normalized spacial score (nSPS) is 28.1. The van der Waals surface area contributed by atoms with Crippen molar-refractivity contribution in [3.63, 3.8) is 0 Å². The summed E-state index contributed by atoms with van der Waals surface area (Å²) >= 11 is 0. The van der Waals surface area contributed by atoms with Crippen molar-refractivity contribution in [2.24, 2.45) is 29.6 Å². The lowest BCUT2D eigenvalue weighted by Crippen LogP contribution is -2.36. The number of hydrogen-bond acceptors (Lipinski definition) is 6. The maximum atomic E-state index is 12.7. The number of likely N-dealkylation sites (tertiary alicyclic amines) is 1. The molecule has 1 amide bonds. The molecule has 208 valence electrons. The van der Waals surface area contributed by atoms with Gasteiger partial charge in [-0.3, -0.25) is 4.79 Å². The molecule has 1 saturated carbocycles. The quantitative estimate of drug-likeness (QED) is 0.411. The summed E-state index contributed by atoms with van der Waals surface area (Å²) in [5.41, 5.74) is 1.02. The zero-order chi connectivity index (χ0) is 26.3. The van der Waals surface area contributed by atoms with Crippen molar-refractivity contribution in [2.75, 3.05) is 44.8 Å². The van der Waals surface area contributed by atoms with E-state index >= 15 is 0 Å². The predicted molar refractivity (Wildman–Crippen MR) is 149 cm³/mol. The molecule has 3 fully saturated rings. The first-order valence-corrected chi connectivity index (χ1v) is 14.9. The number of methoxy groups -OCH3 is 1. The van der Waals surface area contributed by atoms with Crippen LogP contribution in [-0.4, -0.2) is 60.7 Å². The Morgan fingerprint density at radius 3 is 2.55 bits per heavy atom. The Kier molecular flexibility index (Phi) is 9.36. The molecular formula is C31H46N4O3. The van der Waals surface area contributed by atoms with Gasteiger partial charge < -0.3 is 19.3 Å². The molecule has 0 bridgehead atoms. The van der Waals surface area contributed by atoms with Crippen molar-refractivity contribution in [3.05, 3.63) is 41.9 Å². The van der Waals surface area contributed by atoms with Crippen LogP contribution in [0.1, 0.15) is 70.3 Å². The molecule has 4 atom stereocenters. The number of aromatic nitrogens is 2. The van der Waals surface area contributed by atoms with Gasteiger partial charge in [-0.1, -0.05) is 13.0 Å². The summed E-state index contributed by atoms with van der Waals surface area (Å²) in [5.74, 6) is 5.39. The summed E-state index contributed by atoms with van der Waals surface area (Å²) in [6.07, 6.45) is 20.5. The van der Waals surface area contributed by atoms with Crippen LogP contribution in [0.2, 0.25) is 0 Å². The Morgan fingerprint density at radius 2 is 1.82 bits per heavy atom. The number of anilines is 1. The average molecular weight is 523 g/mol. The Labute approximate surface area is 228 Å². The molecule has 4 unspecified atom stereocenters. The van der Waals surface area contributed by atoms with Gasteiger partial charge >= 0.3 is 0 Å². The fraction of sp³-hybridized carbons (Fsp3) is 0.710. The van der Waals surface area contributed by atoms with E-state index in [2.05, 4.69) is 44.9 Å². The largest absolute Gasteiger partial charge is 0.494 e. The number of allylic oxidation sites excluding steroid dienone is 3. The van der Waals surface area contributed by atoms with E-state index in [0.717, 1.165) is 93.5 Å². The van der Waals surface area contributed by atoms with E-state index in [1.54, 1.807) is 7.11 Å². The first-order valence-electron chi connectivity index (χ1n) is 14.9. The monoisotopic (exact) mass is 522 g/mol. The molecule has 3 heterocycles. The van der Waals surface area contributed by atoms with Crippen LogP contribution in [0.4, 0.5) is 5.95 Å². The molecule has 1 aromatic rings. The number of rotatable bonds is 10. The molecule has 1 aromatic heterocycles. The van der Waals surface area contributed by atoms with Crippen LogP contribution in [0.5, 0.6) is 0 Å². The van der Waals surface area contributed by atoms with Gasteiger partial charge in [0.25, 0.3) is 0 Å². The Balaban J connectivity index is 1.00. The highest BCUT2D eigenvalue weighted by atomic mass is 16.5. The second-order valence-electron chi connectivity index (χ2n) is 12.0. The average Bonchev–Trinajstić information content (AvgIpc) is 3.74. The third-order valence-corrected chi connectivity index (χ3v) is 8.97. The lowest BCUT2D eigenvalue weighted by molar-refractivity contribution is -0.132. The van der Waals surface area contributed by atoms with Crippen LogP contribution in [0.3, 0.4) is 0 Å². The molecule has 2 saturated heterocycles. The second kappa shape index (κ2) is 13.1. The van der Waals surface area contributed by atoms with Crippen molar-refractivity contribution < 1.29 is 14.3 Å². The molecular weight excluding hydrogens is 476 g/mol. The molecule has 0 spiro atoms. The Hall–Kier alpha value is -2.41. The highest BCUT2D eigenvalue weighted by molar-refractivity contribution is 5.76. The number of amides is 1. The first kappa shape index (κ1) is 27.2. The molecule has 7 nitrogen and oxygen atoms in total. The number of hydrogen-bond donors (Lipinski definition) is 0. The van der Waals surface area contributed by atoms with E-state index in [0.29, 0.717) is 30.8 Å². The van der Waals surface area contributed by atoms with Gasteiger partial charge in [-0.25, -0.2) is 9.97 Å². The van der Waals surface area contributed by atoms with Crippen molar-refractivity contribution >= 4 is 11.9 Å². The fourth-order valence-electron chi connectivity index (χ4n) is 6.72. The lowest BCUT2D eigenvalue weighted by Gasteiger charge is -2.32. The Bertz CT molecular complexity index is 964. The molecule has 0 aromatic carbocycles. The molecule has 38 heavy (non-hydrogen) atoms. The fourth-order valence-corrected chi connectivity index (χ4v) is 6.72. The molecule has 2 aliphatic carbocycles. The molecule has 4 aliphatic rings. The van der Waals surface area contributed by atoms with E-state index in [9.17, 15) is 4.79 Å².